The summed E-state index contributed by atoms with van der Waals surface area (Å²) in [6, 6.07) is 7.71. The van der Waals surface area contributed by atoms with Crippen LogP contribution in [-0.2, 0) is 16.0 Å². The van der Waals surface area contributed by atoms with E-state index in [4.69, 9.17) is 0 Å². The van der Waals surface area contributed by atoms with E-state index >= 15 is 0 Å². The molecule has 0 N–H and O–H groups in total. The number of benzene rings is 1. The van der Waals surface area contributed by atoms with E-state index in [1.807, 2.05) is 24.3 Å². The summed E-state index contributed by atoms with van der Waals surface area (Å²) in [6.07, 6.45) is 2.76. The second-order valence-electron chi connectivity index (χ2n) is 4.78. The van der Waals surface area contributed by atoms with Gasteiger partial charge in [0, 0.05) is 11.5 Å². The van der Waals surface area contributed by atoms with Crippen molar-refractivity contribution in [2.75, 3.05) is 7.11 Å². The number of methoxy groups -OCH3 is 1. The molecule has 0 amide bonds. The molecule has 18 heavy (non-hydrogen) atoms. The Labute approximate surface area is 107 Å². The standard InChI is InChI=1S/C15H18O3/c1-3-4-10-5-7-11(8-6-10)14(16)12-9-13(12)15(17)18-2/h5-8,12-13H,3-4,9H2,1-2H3/t12-,13-/m1/s1. The van der Waals surface area contributed by atoms with Crippen molar-refractivity contribution in [1.82, 2.24) is 0 Å². The minimum absolute atomic E-state index is 0.0634. The van der Waals surface area contributed by atoms with Crippen molar-refractivity contribution in [2.24, 2.45) is 11.8 Å². The number of ketones is 1. The van der Waals surface area contributed by atoms with Gasteiger partial charge in [0.2, 0.25) is 0 Å². The van der Waals surface area contributed by atoms with Crippen LogP contribution in [0.2, 0.25) is 0 Å². The molecule has 3 heteroatoms. The highest BCUT2D eigenvalue weighted by Crippen LogP contribution is 2.41. The first-order valence-electron chi connectivity index (χ1n) is 6.38. The SMILES string of the molecule is CCCc1ccc(C(=O)[C@@H]2C[C@H]2C(=O)OC)cc1. The van der Waals surface area contributed by atoms with Gasteiger partial charge in [-0.25, -0.2) is 0 Å². The fourth-order valence-electron chi connectivity index (χ4n) is 2.24. The third-order valence-corrected chi connectivity index (χ3v) is 3.41. The molecule has 3 nitrogen and oxygen atoms in total. The maximum atomic E-state index is 12.1. The van der Waals surface area contributed by atoms with E-state index in [0.717, 1.165) is 12.8 Å². The number of Topliss-reactive ketones (excluding diaryl/α,β-unsaturated/α-hetero) is 1. The Morgan fingerprint density at radius 2 is 1.89 bits per heavy atom. The van der Waals surface area contributed by atoms with Crippen LogP contribution in [0.4, 0.5) is 0 Å². The monoisotopic (exact) mass is 246 g/mol. The van der Waals surface area contributed by atoms with Gasteiger partial charge in [-0.15, -0.1) is 0 Å². The molecule has 0 aromatic heterocycles. The molecule has 1 fully saturated rings. The van der Waals surface area contributed by atoms with Gasteiger partial charge in [-0.3, -0.25) is 9.59 Å². The molecule has 0 unspecified atom stereocenters. The maximum absolute atomic E-state index is 12.1. The predicted octanol–water partition coefficient (Wildman–Crippen LogP) is 2.63. The molecule has 1 aliphatic rings. The smallest absolute Gasteiger partial charge is 0.309 e. The van der Waals surface area contributed by atoms with Crippen molar-refractivity contribution in [3.63, 3.8) is 0 Å². The van der Waals surface area contributed by atoms with Gasteiger partial charge >= 0.3 is 5.97 Å². The number of carbonyl (C=O) groups excluding carboxylic acids is 2. The summed E-state index contributed by atoms with van der Waals surface area (Å²) in [4.78, 5) is 23.4. The molecule has 0 bridgehead atoms. The molecule has 96 valence electrons. The fraction of sp³-hybridized carbons (Fsp3) is 0.467. The van der Waals surface area contributed by atoms with Gasteiger partial charge in [0.1, 0.15) is 0 Å². The Morgan fingerprint density at radius 3 is 2.44 bits per heavy atom. The number of aryl methyl sites for hydroxylation is 1. The molecule has 1 aliphatic carbocycles. The number of carbonyl (C=O) groups is 2. The van der Waals surface area contributed by atoms with Gasteiger partial charge in [0.15, 0.2) is 5.78 Å². The summed E-state index contributed by atoms with van der Waals surface area (Å²) < 4.78 is 4.65. The van der Waals surface area contributed by atoms with Gasteiger partial charge in [0.25, 0.3) is 0 Å². The van der Waals surface area contributed by atoms with Gasteiger partial charge in [0.05, 0.1) is 13.0 Å². The third kappa shape index (κ3) is 2.61. The van der Waals surface area contributed by atoms with Crippen LogP contribution in [0.3, 0.4) is 0 Å². The van der Waals surface area contributed by atoms with Crippen molar-refractivity contribution in [1.29, 1.82) is 0 Å². The zero-order chi connectivity index (χ0) is 13.1. The van der Waals surface area contributed by atoms with Crippen molar-refractivity contribution in [3.8, 4) is 0 Å². The van der Waals surface area contributed by atoms with Crippen molar-refractivity contribution >= 4 is 11.8 Å². The second kappa shape index (κ2) is 5.34. The van der Waals surface area contributed by atoms with E-state index in [0.29, 0.717) is 12.0 Å². The molecule has 2 atom stereocenters. The molecule has 0 heterocycles. The number of rotatable bonds is 5. The average molecular weight is 246 g/mol. The Balaban J connectivity index is 2.00. The predicted molar refractivity (Wildman–Crippen MR) is 68.4 cm³/mol. The first kappa shape index (κ1) is 12.8. The Hall–Kier alpha value is -1.64. The third-order valence-electron chi connectivity index (χ3n) is 3.41. The van der Waals surface area contributed by atoms with Crippen LogP contribution in [0, 0.1) is 11.8 Å². The van der Waals surface area contributed by atoms with Crippen LogP contribution in [-0.4, -0.2) is 18.9 Å². The summed E-state index contributed by atoms with van der Waals surface area (Å²) in [5.74, 6) is -0.600. The first-order valence-corrected chi connectivity index (χ1v) is 6.38. The lowest BCUT2D eigenvalue weighted by Gasteiger charge is -2.02. The van der Waals surface area contributed by atoms with Gasteiger partial charge in [-0.05, 0) is 18.4 Å². The highest BCUT2D eigenvalue weighted by Gasteiger charge is 2.48. The molecule has 0 saturated heterocycles. The van der Waals surface area contributed by atoms with Crippen molar-refractivity contribution < 1.29 is 14.3 Å². The fourth-order valence-corrected chi connectivity index (χ4v) is 2.24. The van der Waals surface area contributed by atoms with E-state index in [1.54, 1.807) is 0 Å². The maximum Gasteiger partial charge on any atom is 0.309 e. The minimum atomic E-state index is -0.268. The minimum Gasteiger partial charge on any atom is -0.469 e. The summed E-state index contributed by atoms with van der Waals surface area (Å²) in [7, 11) is 1.36. The molecular formula is C15H18O3. The first-order chi connectivity index (χ1) is 8.67. The van der Waals surface area contributed by atoms with Gasteiger partial charge in [-0.2, -0.15) is 0 Å². The zero-order valence-electron chi connectivity index (χ0n) is 10.8. The molecular weight excluding hydrogens is 228 g/mol. The van der Waals surface area contributed by atoms with Gasteiger partial charge < -0.3 is 4.74 Å². The Morgan fingerprint density at radius 1 is 1.22 bits per heavy atom. The van der Waals surface area contributed by atoms with E-state index < -0.39 is 0 Å². The molecule has 0 spiro atoms. The average Bonchev–Trinajstić information content (AvgIpc) is 3.18. The van der Waals surface area contributed by atoms with Crippen LogP contribution >= 0.6 is 0 Å². The summed E-state index contributed by atoms with van der Waals surface area (Å²) in [6.45, 7) is 2.13. The van der Waals surface area contributed by atoms with Crippen LogP contribution in [0.15, 0.2) is 24.3 Å². The summed E-state index contributed by atoms with van der Waals surface area (Å²) >= 11 is 0. The van der Waals surface area contributed by atoms with E-state index in [1.165, 1.54) is 12.7 Å². The Bertz CT molecular complexity index is 447. The highest BCUT2D eigenvalue weighted by molar-refractivity contribution is 6.02. The van der Waals surface area contributed by atoms with E-state index in [2.05, 4.69) is 11.7 Å². The van der Waals surface area contributed by atoms with Crippen LogP contribution in [0.5, 0.6) is 0 Å². The normalized spacial score (nSPS) is 21.4. The Kier molecular flexibility index (Phi) is 3.80. The molecule has 0 radical (unpaired) electrons. The lowest BCUT2D eigenvalue weighted by atomic mass is 10.0. The number of ether oxygens (including phenoxy) is 1. The number of hydrogen-bond donors (Lipinski definition) is 0. The highest BCUT2D eigenvalue weighted by atomic mass is 16.5. The zero-order valence-corrected chi connectivity index (χ0v) is 10.8. The van der Waals surface area contributed by atoms with Gasteiger partial charge in [-0.1, -0.05) is 37.6 Å². The number of esters is 1. The molecule has 1 aromatic rings. The molecule has 0 aliphatic heterocycles. The van der Waals surface area contributed by atoms with Crippen molar-refractivity contribution in [3.05, 3.63) is 35.4 Å². The van der Waals surface area contributed by atoms with Crippen LogP contribution < -0.4 is 0 Å². The molecule has 2 rings (SSSR count). The summed E-state index contributed by atoms with van der Waals surface area (Å²) in [5.41, 5.74) is 1.95. The summed E-state index contributed by atoms with van der Waals surface area (Å²) in [5, 5.41) is 0. The largest absolute Gasteiger partial charge is 0.469 e. The molecule has 1 aromatic carbocycles. The van der Waals surface area contributed by atoms with E-state index in [-0.39, 0.29) is 23.6 Å². The number of hydrogen-bond acceptors (Lipinski definition) is 3. The second-order valence-corrected chi connectivity index (χ2v) is 4.78. The van der Waals surface area contributed by atoms with Crippen LogP contribution in [0.1, 0.15) is 35.7 Å². The van der Waals surface area contributed by atoms with Crippen LogP contribution in [0.25, 0.3) is 0 Å². The van der Waals surface area contributed by atoms with Crippen molar-refractivity contribution in [2.45, 2.75) is 26.2 Å². The topological polar surface area (TPSA) is 43.4 Å². The lowest BCUT2D eigenvalue weighted by Crippen LogP contribution is -2.10. The quantitative estimate of drug-likeness (QED) is 0.592. The lowest BCUT2D eigenvalue weighted by molar-refractivity contribution is -0.142. The van der Waals surface area contributed by atoms with E-state index in [9.17, 15) is 9.59 Å². The molecule has 1 saturated carbocycles.